The lowest BCUT2D eigenvalue weighted by molar-refractivity contribution is 0.163. The first kappa shape index (κ1) is 17.3. The van der Waals surface area contributed by atoms with Crippen LogP contribution in [0.5, 0.6) is 5.75 Å². The number of hydrogen-bond acceptors (Lipinski definition) is 2. The Bertz CT molecular complexity index is 379. The molecule has 0 amide bonds. The van der Waals surface area contributed by atoms with Gasteiger partial charge in [-0.05, 0) is 24.1 Å². The van der Waals surface area contributed by atoms with E-state index >= 15 is 0 Å². The largest absolute Gasteiger partial charge is 0.497 e. The molecule has 0 radical (unpaired) electrons. The lowest BCUT2D eigenvalue weighted by atomic mass is 10.0. The summed E-state index contributed by atoms with van der Waals surface area (Å²) < 4.78 is 5.11. The number of aliphatic hydroxyl groups excluding tert-OH is 1. The van der Waals surface area contributed by atoms with E-state index in [0.717, 1.165) is 24.2 Å². The summed E-state index contributed by atoms with van der Waals surface area (Å²) >= 11 is 6.16. The van der Waals surface area contributed by atoms with Gasteiger partial charge in [0.2, 0.25) is 0 Å². The monoisotopic (exact) mass is 298 g/mol. The van der Waals surface area contributed by atoms with Gasteiger partial charge in [-0.25, -0.2) is 0 Å². The van der Waals surface area contributed by atoms with Gasteiger partial charge in [-0.3, -0.25) is 0 Å². The number of methoxy groups -OCH3 is 1. The molecule has 114 valence electrons. The SMILES string of the molecule is CCCCCCCCCC(O)c1ccc(OC)cc1Cl. The number of benzene rings is 1. The molecule has 0 aliphatic rings. The minimum absolute atomic E-state index is 0.468. The molecular weight excluding hydrogens is 272 g/mol. The molecule has 0 saturated heterocycles. The van der Waals surface area contributed by atoms with Crippen molar-refractivity contribution in [3.8, 4) is 5.75 Å². The topological polar surface area (TPSA) is 29.5 Å². The Morgan fingerprint density at radius 1 is 1.10 bits per heavy atom. The molecule has 0 spiro atoms. The lowest BCUT2D eigenvalue weighted by Crippen LogP contribution is -1.99. The fourth-order valence-electron chi connectivity index (χ4n) is 2.36. The van der Waals surface area contributed by atoms with Gasteiger partial charge >= 0.3 is 0 Å². The molecule has 0 bridgehead atoms. The first-order chi connectivity index (χ1) is 9.69. The molecular formula is C17H27ClO2. The molecule has 2 nitrogen and oxygen atoms in total. The molecule has 0 aliphatic carbocycles. The van der Waals surface area contributed by atoms with Crippen LogP contribution in [-0.4, -0.2) is 12.2 Å². The number of unbranched alkanes of at least 4 members (excludes halogenated alkanes) is 6. The quantitative estimate of drug-likeness (QED) is 0.576. The van der Waals surface area contributed by atoms with Gasteiger partial charge in [0.15, 0.2) is 0 Å². The number of halogens is 1. The first-order valence-electron chi connectivity index (χ1n) is 7.70. The van der Waals surface area contributed by atoms with Gasteiger partial charge in [0.05, 0.1) is 18.2 Å². The van der Waals surface area contributed by atoms with Crippen molar-refractivity contribution < 1.29 is 9.84 Å². The molecule has 1 atom stereocenters. The predicted molar refractivity (Wildman–Crippen MR) is 85.6 cm³/mol. The second-order valence-electron chi connectivity index (χ2n) is 5.31. The van der Waals surface area contributed by atoms with Crippen molar-refractivity contribution in [2.24, 2.45) is 0 Å². The van der Waals surface area contributed by atoms with E-state index < -0.39 is 6.10 Å². The highest BCUT2D eigenvalue weighted by atomic mass is 35.5. The smallest absolute Gasteiger partial charge is 0.120 e. The third-order valence-corrected chi connectivity index (χ3v) is 3.98. The van der Waals surface area contributed by atoms with E-state index in [0.29, 0.717) is 5.02 Å². The van der Waals surface area contributed by atoms with Crippen LogP contribution in [0, 0.1) is 0 Å². The van der Waals surface area contributed by atoms with Gasteiger partial charge in [-0.2, -0.15) is 0 Å². The Kier molecular flexibility index (Phi) is 8.72. The molecule has 1 rings (SSSR count). The molecule has 3 heteroatoms. The van der Waals surface area contributed by atoms with E-state index in [1.807, 2.05) is 12.1 Å². The van der Waals surface area contributed by atoms with Crippen molar-refractivity contribution in [1.82, 2.24) is 0 Å². The van der Waals surface area contributed by atoms with Crippen LogP contribution >= 0.6 is 11.6 Å². The Balaban J connectivity index is 2.27. The van der Waals surface area contributed by atoms with E-state index in [-0.39, 0.29) is 0 Å². The molecule has 1 aromatic carbocycles. The summed E-state index contributed by atoms with van der Waals surface area (Å²) in [6, 6.07) is 5.45. The molecule has 1 unspecified atom stereocenters. The zero-order chi connectivity index (χ0) is 14.8. The first-order valence-corrected chi connectivity index (χ1v) is 8.08. The fraction of sp³-hybridized carbons (Fsp3) is 0.647. The van der Waals surface area contributed by atoms with Crippen LogP contribution in [0.3, 0.4) is 0 Å². The summed E-state index contributed by atoms with van der Waals surface area (Å²) in [5.41, 5.74) is 0.804. The number of rotatable bonds is 10. The molecule has 0 fully saturated rings. The van der Waals surface area contributed by atoms with Crippen LogP contribution in [0.2, 0.25) is 5.02 Å². The van der Waals surface area contributed by atoms with Gasteiger partial charge in [0.1, 0.15) is 5.75 Å². The van der Waals surface area contributed by atoms with Gasteiger partial charge in [-0.15, -0.1) is 0 Å². The number of hydrogen-bond donors (Lipinski definition) is 1. The second kappa shape index (κ2) is 10.1. The Hall–Kier alpha value is -0.730. The van der Waals surface area contributed by atoms with Crippen molar-refractivity contribution >= 4 is 11.6 Å². The van der Waals surface area contributed by atoms with Crippen LogP contribution in [-0.2, 0) is 0 Å². The second-order valence-corrected chi connectivity index (χ2v) is 5.72. The van der Waals surface area contributed by atoms with Crippen molar-refractivity contribution in [1.29, 1.82) is 0 Å². The summed E-state index contributed by atoms with van der Waals surface area (Å²) in [6.07, 6.45) is 9.09. The van der Waals surface area contributed by atoms with Crippen molar-refractivity contribution in [2.45, 2.75) is 64.4 Å². The molecule has 1 aromatic rings. The molecule has 20 heavy (non-hydrogen) atoms. The average Bonchev–Trinajstić information content (AvgIpc) is 2.45. The van der Waals surface area contributed by atoms with Gasteiger partial charge < -0.3 is 9.84 Å². The highest BCUT2D eigenvalue weighted by Gasteiger charge is 2.11. The van der Waals surface area contributed by atoms with Crippen LogP contribution in [0.1, 0.15) is 70.0 Å². The van der Waals surface area contributed by atoms with Crippen molar-refractivity contribution in [3.05, 3.63) is 28.8 Å². The van der Waals surface area contributed by atoms with E-state index in [1.54, 1.807) is 13.2 Å². The average molecular weight is 299 g/mol. The third kappa shape index (κ3) is 6.15. The number of ether oxygens (including phenoxy) is 1. The van der Waals surface area contributed by atoms with Crippen molar-refractivity contribution in [3.63, 3.8) is 0 Å². The standard InChI is InChI=1S/C17H27ClO2/c1-3-4-5-6-7-8-9-10-17(19)15-12-11-14(20-2)13-16(15)18/h11-13,17,19H,3-10H2,1-2H3. The van der Waals surface area contributed by atoms with Crippen LogP contribution < -0.4 is 4.74 Å². The van der Waals surface area contributed by atoms with E-state index in [9.17, 15) is 5.11 Å². The fourth-order valence-corrected chi connectivity index (χ4v) is 2.65. The maximum atomic E-state index is 10.2. The summed E-state index contributed by atoms with van der Waals surface area (Å²) in [4.78, 5) is 0. The number of aliphatic hydroxyl groups is 1. The highest BCUT2D eigenvalue weighted by Crippen LogP contribution is 2.30. The van der Waals surface area contributed by atoms with Gasteiger partial charge in [-0.1, -0.05) is 69.5 Å². The molecule has 0 aliphatic heterocycles. The van der Waals surface area contributed by atoms with Crippen LogP contribution in [0.25, 0.3) is 0 Å². The Morgan fingerprint density at radius 2 is 1.75 bits per heavy atom. The zero-order valence-electron chi connectivity index (χ0n) is 12.7. The van der Waals surface area contributed by atoms with Gasteiger partial charge in [0.25, 0.3) is 0 Å². The normalized spacial score (nSPS) is 12.4. The zero-order valence-corrected chi connectivity index (χ0v) is 13.5. The minimum atomic E-state index is -0.468. The third-order valence-electron chi connectivity index (χ3n) is 3.65. The minimum Gasteiger partial charge on any atom is -0.497 e. The Labute approximate surface area is 128 Å². The lowest BCUT2D eigenvalue weighted by Gasteiger charge is -2.13. The summed E-state index contributed by atoms with van der Waals surface area (Å²) in [6.45, 7) is 2.23. The molecule has 0 heterocycles. The van der Waals surface area contributed by atoms with Crippen LogP contribution in [0.15, 0.2) is 18.2 Å². The molecule has 0 aromatic heterocycles. The summed E-state index contributed by atoms with van der Waals surface area (Å²) in [5.74, 6) is 0.724. The van der Waals surface area contributed by atoms with Crippen molar-refractivity contribution in [2.75, 3.05) is 7.11 Å². The van der Waals surface area contributed by atoms with E-state index in [2.05, 4.69) is 6.92 Å². The van der Waals surface area contributed by atoms with E-state index in [4.69, 9.17) is 16.3 Å². The van der Waals surface area contributed by atoms with E-state index in [1.165, 1.54) is 38.5 Å². The summed E-state index contributed by atoms with van der Waals surface area (Å²) in [7, 11) is 1.61. The predicted octanol–water partition coefficient (Wildman–Crippen LogP) is 5.52. The molecule has 1 N–H and O–H groups in total. The molecule has 0 saturated carbocycles. The Morgan fingerprint density at radius 3 is 2.35 bits per heavy atom. The highest BCUT2D eigenvalue weighted by molar-refractivity contribution is 6.31. The maximum Gasteiger partial charge on any atom is 0.120 e. The van der Waals surface area contributed by atoms with Gasteiger partial charge in [0, 0.05) is 0 Å². The van der Waals surface area contributed by atoms with Crippen LogP contribution in [0.4, 0.5) is 0 Å². The maximum absolute atomic E-state index is 10.2. The summed E-state index contributed by atoms with van der Waals surface area (Å²) in [5, 5.41) is 10.8.